The molecule has 1 heterocycles. The van der Waals surface area contributed by atoms with Crippen LogP contribution in [0.25, 0.3) is 10.9 Å². The van der Waals surface area contributed by atoms with E-state index >= 15 is 0 Å². The fraction of sp³-hybridized carbons (Fsp3) is 0.111. The van der Waals surface area contributed by atoms with E-state index in [0.717, 1.165) is 16.5 Å². The molecule has 23 heavy (non-hydrogen) atoms. The molecule has 0 saturated heterocycles. The fourth-order valence-corrected chi connectivity index (χ4v) is 2.43. The summed E-state index contributed by atoms with van der Waals surface area (Å²) in [7, 11) is 0. The molecule has 5 heteroatoms. The number of hydrogen-bond donors (Lipinski definition) is 2. The maximum atomic E-state index is 12.0. The van der Waals surface area contributed by atoms with Crippen LogP contribution in [-0.2, 0) is 0 Å². The smallest absolute Gasteiger partial charge is 0.257 e. The van der Waals surface area contributed by atoms with E-state index < -0.39 is 6.10 Å². The van der Waals surface area contributed by atoms with Crippen LogP contribution >= 0.6 is 11.6 Å². The normalized spacial score (nSPS) is 12.8. The van der Waals surface area contributed by atoms with Crippen molar-refractivity contribution in [1.82, 2.24) is 4.98 Å². The van der Waals surface area contributed by atoms with E-state index in [-0.39, 0.29) is 12.1 Å². The average molecular weight is 327 g/mol. The van der Waals surface area contributed by atoms with Crippen LogP contribution in [-0.4, -0.2) is 22.8 Å². The van der Waals surface area contributed by atoms with E-state index in [1.807, 2.05) is 24.3 Å². The Morgan fingerprint density at radius 3 is 2.70 bits per heavy atom. The van der Waals surface area contributed by atoms with Crippen LogP contribution in [0, 0.1) is 0 Å². The molecule has 0 aliphatic heterocycles. The first-order valence-electron chi connectivity index (χ1n) is 7.19. The van der Waals surface area contributed by atoms with Gasteiger partial charge < -0.3 is 10.1 Å². The summed E-state index contributed by atoms with van der Waals surface area (Å²) in [4.78, 5) is 19.0. The molecule has 2 aromatic carbocycles. The van der Waals surface area contributed by atoms with Gasteiger partial charge in [-0.3, -0.25) is 9.79 Å². The molecule has 2 N–H and O–H groups in total. The Balaban J connectivity index is 1.76. The minimum atomic E-state index is -0.733. The number of aromatic amines is 1. The third-order valence-corrected chi connectivity index (χ3v) is 3.80. The maximum absolute atomic E-state index is 12.0. The van der Waals surface area contributed by atoms with Crippen molar-refractivity contribution in [3.63, 3.8) is 0 Å². The first kappa shape index (κ1) is 15.5. The van der Waals surface area contributed by atoms with Crippen LogP contribution in [0.15, 0.2) is 64.4 Å². The van der Waals surface area contributed by atoms with E-state index in [4.69, 9.17) is 11.6 Å². The first-order chi connectivity index (χ1) is 11.1. The van der Waals surface area contributed by atoms with Crippen LogP contribution in [0.4, 0.5) is 0 Å². The first-order valence-corrected chi connectivity index (χ1v) is 7.57. The molecule has 0 aliphatic rings. The SMILES string of the molecule is O=c1[nH]c2ccccc2cc1C=NCC(O)c1ccc(Cl)cc1. The number of aliphatic hydroxyl groups is 1. The molecular weight excluding hydrogens is 312 g/mol. The van der Waals surface area contributed by atoms with Gasteiger partial charge in [-0.05, 0) is 35.2 Å². The molecule has 4 nitrogen and oxygen atoms in total. The van der Waals surface area contributed by atoms with E-state index in [9.17, 15) is 9.90 Å². The van der Waals surface area contributed by atoms with Gasteiger partial charge in [0.2, 0.25) is 0 Å². The second-order valence-electron chi connectivity index (χ2n) is 5.20. The molecule has 1 aromatic heterocycles. The van der Waals surface area contributed by atoms with Gasteiger partial charge in [-0.25, -0.2) is 0 Å². The standard InChI is InChI=1S/C18H15ClN2O2/c19-15-7-5-12(6-8-15)17(22)11-20-10-14-9-13-3-1-2-4-16(13)21-18(14)23/h1-10,17,22H,11H2,(H,21,23). The van der Waals surface area contributed by atoms with Crippen molar-refractivity contribution in [3.05, 3.63) is 81.1 Å². The van der Waals surface area contributed by atoms with Crippen molar-refractivity contribution in [1.29, 1.82) is 0 Å². The number of rotatable bonds is 4. The highest BCUT2D eigenvalue weighted by Crippen LogP contribution is 2.16. The number of benzene rings is 2. The van der Waals surface area contributed by atoms with E-state index in [1.165, 1.54) is 6.21 Å². The van der Waals surface area contributed by atoms with Gasteiger partial charge in [0.15, 0.2) is 0 Å². The molecule has 0 radical (unpaired) electrons. The summed E-state index contributed by atoms with van der Waals surface area (Å²) in [5, 5.41) is 11.6. The Labute approximate surface area is 138 Å². The van der Waals surface area contributed by atoms with Crippen molar-refractivity contribution in [2.24, 2.45) is 4.99 Å². The Morgan fingerprint density at radius 1 is 1.17 bits per heavy atom. The van der Waals surface area contributed by atoms with E-state index in [2.05, 4.69) is 9.98 Å². The number of H-pyrrole nitrogens is 1. The molecule has 1 atom stereocenters. The summed E-state index contributed by atoms with van der Waals surface area (Å²) < 4.78 is 0. The molecule has 0 bridgehead atoms. The van der Waals surface area contributed by atoms with Crippen LogP contribution in [0.1, 0.15) is 17.2 Å². The minimum absolute atomic E-state index is 0.175. The number of pyridine rings is 1. The minimum Gasteiger partial charge on any atom is -0.386 e. The number of aliphatic imine (C=N–C) groups is 1. The Bertz CT molecular complexity index is 901. The highest BCUT2D eigenvalue weighted by molar-refractivity contribution is 6.30. The molecule has 0 amide bonds. The predicted molar refractivity (Wildman–Crippen MR) is 93.4 cm³/mol. The molecule has 0 saturated carbocycles. The van der Waals surface area contributed by atoms with Gasteiger partial charge in [-0.1, -0.05) is 41.9 Å². The number of hydrogen-bond acceptors (Lipinski definition) is 3. The number of nitrogens with zero attached hydrogens (tertiary/aromatic N) is 1. The quantitative estimate of drug-likeness (QED) is 0.722. The molecule has 0 spiro atoms. The lowest BCUT2D eigenvalue weighted by Crippen LogP contribution is -2.12. The number of fused-ring (bicyclic) bond motifs is 1. The molecule has 1 unspecified atom stereocenters. The van der Waals surface area contributed by atoms with Gasteiger partial charge >= 0.3 is 0 Å². The summed E-state index contributed by atoms with van der Waals surface area (Å²) in [6.07, 6.45) is 0.757. The van der Waals surface area contributed by atoms with Crippen LogP contribution in [0.3, 0.4) is 0 Å². The molecule has 116 valence electrons. The zero-order valence-corrected chi connectivity index (χ0v) is 13.0. The highest BCUT2D eigenvalue weighted by Gasteiger charge is 2.06. The number of aromatic nitrogens is 1. The molecule has 3 rings (SSSR count). The lowest BCUT2D eigenvalue weighted by Gasteiger charge is -2.07. The maximum Gasteiger partial charge on any atom is 0.257 e. The number of halogens is 1. The predicted octanol–water partition coefficient (Wildman–Crippen LogP) is 3.33. The second-order valence-corrected chi connectivity index (χ2v) is 5.64. The van der Waals surface area contributed by atoms with Gasteiger partial charge in [0.1, 0.15) is 0 Å². The van der Waals surface area contributed by atoms with Crippen molar-refractivity contribution in [2.45, 2.75) is 6.10 Å². The summed E-state index contributed by atoms with van der Waals surface area (Å²) in [5.74, 6) is 0. The van der Waals surface area contributed by atoms with Crippen LogP contribution in [0.5, 0.6) is 0 Å². The number of aliphatic hydroxyl groups excluding tert-OH is 1. The van der Waals surface area contributed by atoms with E-state index in [0.29, 0.717) is 10.6 Å². The summed E-state index contributed by atoms with van der Waals surface area (Å²) in [5.41, 5.74) is 1.79. The summed E-state index contributed by atoms with van der Waals surface area (Å²) >= 11 is 5.82. The van der Waals surface area contributed by atoms with Gasteiger partial charge in [-0.2, -0.15) is 0 Å². The van der Waals surface area contributed by atoms with Gasteiger partial charge in [0.25, 0.3) is 5.56 Å². The molecule has 3 aromatic rings. The Morgan fingerprint density at radius 2 is 1.91 bits per heavy atom. The number of para-hydroxylation sites is 1. The largest absolute Gasteiger partial charge is 0.386 e. The van der Waals surface area contributed by atoms with Gasteiger partial charge in [-0.15, -0.1) is 0 Å². The third kappa shape index (κ3) is 3.67. The van der Waals surface area contributed by atoms with Crippen LogP contribution < -0.4 is 5.56 Å². The zero-order valence-electron chi connectivity index (χ0n) is 12.2. The van der Waals surface area contributed by atoms with Crippen molar-refractivity contribution in [3.8, 4) is 0 Å². The fourth-order valence-electron chi connectivity index (χ4n) is 2.30. The molecular formula is C18H15ClN2O2. The van der Waals surface area contributed by atoms with Crippen molar-refractivity contribution >= 4 is 28.7 Å². The van der Waals surface area contributed by atoms with Gasteiger partial charge in [0.05, 0.1) is 18.2 Å². The van der Waals surface area contributed by atoms with Crippen molar-refractivity contribution in [2.75, 3.05) is 6.54 Å². The topological polar surface area (TPSA) is 65.5 Å². The van der Waals surface area contributed by atoms with Crippen LogP contribution in [0.2, 0.25) is 5.02 Å². The summed E-state index contributed by atoms with van der Waals surface area (Å²) in [6, 6.07) is 16.3. The second kappa shape index (κ2) is 6.77. The Hall–Kier alpha value is -2.43. The molecule has 0 aliphatic carbocycles. The Kier molecular flexibility index (Phi) is 4.55. The number of nitrogens with one attached hydrogen (secondary N) is 1. The monoisotopic (exact) mass is 326 g/mol. The average Bonchev–Trinajstić information content (AvgIpc) is 2.56. The third-order valence-electron chi connectivity index (χ3n) is 3.55. The lowest BCUT2D eigenvalue weighted by atomic mass is 10.1. The lowest BCUT2D eigenvalue weighted by molar-refractivity contribution is 0.187. The zero-order chi connectivity index (χ0) is 16.2. The van der Waals surface area contributed by atoms with E-state index in [1.54, 1.807) is 30.3 Å². The highest BCUT2D eigenvalue weighted by atomic mass is 35.5. The van der Waals surface area contributed by atoms with Crippen molar-refractivity contribution < 1.29 is 5.11 Å². The molecule has 0 fully saturated rings. The summed E-state index contributed by atoms with van der Waals surface area (Å²) in [6.45, 7) is 0.175. The van der Waals surface area contributed by atoms with Gasteiger partial charge in [0, 0.05) is 16.8 Å².